The van der Waals surface area contributed by atoms with Crippen LogP contribution in [0.1, 0.15) is 50.4 Å². The topological polar surface area (TPSA) is 34.0 Å². The van der Waals surface area contributed by atoms with E-state index in [1.807, 2.05) is 11.8 Å². The van der Waals surface area contributed by atoms with Crippen LogP contribution in [0.3, 0.4) is 0 Å². The number of unbranched alkanes of at least 4 members (excludes halogenated alkanes) is 1. The number of likely N-dealkylation sites (tertiary alicyclic amines) is 1. The Morgan fingerprint density at radius 3 is 2.54 bits per heavy atom. The molecule has 0 N–H and O–H groups in total. The van der Waals surface area contributed by atoms with E-state index in [2.05, 4.69) is 56.9 Å². The Labute approximate surface area is 149 Å². The van der Waals surface area contributed by atoms with E-state index in [4.69, 9.17) is 0 Å². The summed E-state index contributed by atoms with van der Waals surface area (Å²) in [4.78, 5) is 2.52. The van der Waals surface area contributed by atoms with Crippen LogP contribution in [-0.2, 0) is 13.1 Å². The molecule has 0 radical (unpaired) electrons. The van der Waals surface area contributed by atoms with Crippen molar-refractivity contribution >= 4 is 11.8 Å². The summed E-state index contributed by atoms with van der Waals surface area (Å²) >= 11 is 1.84. The van der Waals surface area contributed by atoms with Crippen molar-refractivity contribution in [2.45, 2.75) is 57.3 Å². The lowest BCUT2D eigenvalue weighted by Gasteiger charge is -2.26. The minimum Gasteiger partial charge on any atom is -0.300 e. The summed E-state index contributed by atoms with van der Waals surface area (Å²) in [5.41, 5.74) is 1.31. The third kappa shape index (κ3) is 4.84. The molecular formula is C19H28N4S. The highest BCUT2D eigenvalue weighted by Crippen LogP contribution is 2.21. The van der Waals surface area contributed by atoms with Crippen LogP contribution in [0.15, 0.2) is 35.5 Å². The molecule has 1 aliphatic heterocycles. The molecule has 1 fully saturated rings. The van der Waals surface area contributed by atoms with Gasteiger partial charge in [0.25, 0.3) is 0 Å². The van der Waals surface area contributed by atoms with Gasteiger partial charge in [-0.15, -0.1) is 10.2 Å². The minimum atomic E-state index is 0.867. The predicted molar refractivity (Wildman–Crippen MR) is 100 cm³/mol. The SMILES string of the molecule is CCCCSc1nnc(CN2CCCCC2)n1Cc1ccccc1. The predicted octanol–water partition coefficient (Wildman–Crippen LogP) is 4.20. The quantitative estimate of drug-likeness (QED) is 0.531. The zero-order valence-corrected chi connectivity index (χ0v) is 15.5. The zero-order valence-electron chi connectivity index (χ0n) is 14.7. The highest BCUT2D eigenvalue weighted by molar-refractivity contribution is 7.99. The van der Waals surface area contributed by atoms with Crippen LogP contribution >= 0.6 is 11.8 Å². The third-order valence-electron chi connectivity index (χ3n) is 4.52. The van der Waals surface area contributed by atoms with Crippen LogP contribution in [0.2, 0.25) is 0 Å². The number of piperidine rings is 1. The van der Waals surface area contributed by atoms with Crippen molar-refractivity contribution in [3.8, 4) is 0 Å². The van der Waals surface area contributed by atoms with Gasteiger partial charge in [0, 0.05) is 5.75 Å². The molecule has 24 heavy (non-hydrogen) atoms. The summed E-state index contributed by atoms with van der Waals surface area (Å²) in [6.07, 6.45) is 6.44. The van der Waals surface area contributed by atoms with Gasteiger partial charge >= 0.3 is 0 Å². The van der Waals surface area contributed by atoms with Crippen molar-refractivity contribution in [1.82, 2.24) is 19.7 Å². The summed E-state index contributed by atoms with van der Waals surface area (Å²) < 4.78 is 2.32. The van der Waals surface area contributed by atoms with Gasteiger partial charge in [0.1, 0.15) is 5.82 Å². The Kier molecular flexibility index (Phi) is 6.73. The second-order valence-electron chi connectivity index (χ2n) is 6.51. The van der Waals surface area contributed by atoms with Gasteiger partial charge in [-0.3, -0.25) is 4.90 Å². The van der Waals surface area contributed by atoms with Crippen LogP contribution < -0.4 is 0 Å². The largest absolute Gasteiger partial charge is 0.300 e. The molecule has 0 amide bonds. The van der Waals surface area contributed by atoms with Gasteiger partial charge in [-0.1, -0.05) is 61.9 Å². The van der Waals surface area contributed by atoms with Crippen molar-refractivity contribution in [2.24, 2.45) is 0 Å². The monoisotopic (exact) mass is 344 g/mol. The number of hydrogen-bond donors (Lipinski definition) is 0. The molecule has 5 heteroatoms. The van der Waals surface area contributed by atoms with Crippen LogP contribution in [0.4, 0.5) is 0 Å². The molecule has 0 aliphatic carbocycles. The number of aromatic nitrogens is 3. The lowest BCUT2D eigenvalue weighted by atomic mass is 10.1. The first-order chi connectivity index (χ1) is 11.9. The van der Waals surface area contributed by atoms with Gasteiger partial charge in [0.15, 0.2) is 5.16 Å². The normalized spacial score (nSPS) is 15.7. The first-order valence-corrected chi connectivity index (χ1v) is 10.2. The fourth-order valence-corrected chi connectivity index (χ4v) is 4.13. The molecule has 3 rings (SSSR count). The molecule has 0 bridgehead atoms. The smallest absolute Gasteiger partial charge is 0.191 e. The summed E-state index contributed by atoms with van der Waals surface area (Å²) in [7, 11) is 0. The van der Waals surface area contributed by atoms with Crippen LogP contribution in [0.5, 0.6) is 0 Å². The molecule has 0 unspecified atom stereocenters. The van der Waals surface area contributed by atoms with Crippen LogP contribution in [-0.4, -0.2) is 38.5 Å². The summed E-state index contributed by atoms with van der Waals surface area (Å²) in [6, 6.07) is 10.7. The molecule has 0 saturated carbocycles. The van der Waals surface area contributed by atoms with Gasteiger partial charge < -0.3 is 4.57 Å². The van der Waals surface area contributed by atoms with Gasteiger partial charge in [0.05, 0.1) is 13.1 Å². The van der Waals surface area contributed by atoms with Crippen molar-refractivity contribution in [1.29, 1.82) is 0 Å². The van der Waals surface area contributed by atoms with Gasteiger partial charge in [0.2, 0.25) is 0 Å². The molecule has 1 aromatic heterocycles. The van der Waals surface area contributed by atoms with E-state index < -0.39 is 0 Å². The number of nitrogens with zero attached hydrogens (tertiary/aromatic N) is 4. The first kappa shape index (κ1) is 17.5. The number of hydrogen-bond acceptors (Lipinski definition) is 4. The van der Waals surface area contributed by atoms with Crippen molar-refractivity contribution in [2.75, 3.05) is 18.8 Å². The highest BCUT2D eigenvalue weighted by atomic mass is 32.2. The summed E-state index contributed by atoms with van der Waals surface area (Å²) in [5, 5.41) is 10.1. The zero-order chi connectivity index (χ0) is 16.6. The van der Waals surface area contributed by atoms with Gasteiger partial charge in [-0.05, 0) is 37.9 Å². The fourth-order valence-electron chi connectivity index (χ4n) is 3.09. The molecule has 1 aromatic carbocycles. The minimum absolute atomic E-state index is 0.867. The van der Waals surface area contributed by atoms with E-state index in [1.54, 1.807) is 0 Å². The maximum absolute atomic E-state index is 4.54. The standard InChI is InChI=1S/C19H28N4S/c1-2-3-14-24-19-21-20-18(16-22-12-8-5-9-13-22)23(19)15-17-10-6-4-7-11-17/h4,6-7,10-11H,2-3,5,8-9,12-16H2,1H3. The number of rotatable bonds is 8. The number of thioether (sulfide) groups is 1. The maximum Gasteiger partial charge on any atom is 0.191 e. The van der Waals surface area contributed by atoms with Gasteiger partial charge in [-0.25, -0.2) is 0 Å². The second-order valence-corrected chi connectivity index (χ2v) is 7.57. The molecule has 130 valence electrons. The van der Waals surface area contributed by atoms with E-state index in [-0.39, 0.29) is 0 Å². The van der Waals surface area contributed by atoms with E-state index >= 15 is 0 Å². The summed E-state index contributed by atoms with van der Waals surface area (Å²) in [5.74, 6) is 2.23. The van der Waals surface area contributed by atoms with Crippen LogP contribution in [0.25, 0.3) is 0 Å². The lowest BCUT2D eigenvalue weighted by Crippen LogP contribution is -2.30. The van der Waals surface area contributed by atoms with Crippen molar-refractivity contribution < 1.29 is 0 Å². The summed E-state index contributed by atoms with van der Waals surface area (Å²) in [6.45, 7) is 6.41. The van der Waals surface area contributed by atoms with Crippen LogP contribution in [0, 0.1) is 0 Å². The third-order valence-corrected chi connectivity index (χ3v) is 5.57. The van der Waals surface area contributed by atoms with E-state index in [0.29, 0.717) is 0 Å². The van der Waals surface area contributed by atoms with Crippen molar-refractivity contribution in [3.63, 3.8) is 0 Å². The van der Waals surface area contributed by atoms with E-state index in [1.165, 1.54) is 50.8 Å². The fraction of sp³-hybridized carbons (Fsp3) is 0.579. The molecule has 0 atom stereocenters. The van der Waals surface area contributed by atoms with E-state index in [0.717, 1.165) is 29.8 Å². The Hall–Kier alpha value is -1.33. The molecule has 2 aromatic rings. The average molecular weight is 345 g/mol. The molecule has 1 saturated heterocycles. The molecular weight excluding hydrogens is 316 g/mol. The Balaban J connectivity index is 1.75. The first-order valence-electron chi connectivity index (χ1n) is 9.18. The number of benzene rings is 1. The Morgan fingerprint density at radius 1 is 1.00 bits per heavy atom. The molecule has 2 heterocycles. The maximum atomic E-state index is 4.54. The molecule has 1 aliphatic rings. The average Bonchev–Trinajstić information content (AvgIpc) is 2.99. The Bertz CT molecular complexity index is 605. The highest BCUT2D eigenvalue weighted by Gasteiger charge is 2.17. The lowest BCUT2D eigenvalue weighted by molar-refractivity contribution is 0.213. The van der Waals surface area contributed by atoms with Crippen molar-refractivity contribution in [3.05, 3.63) is 41.7 Å². The van der Waals surface area contributed by atoms with Gasteiger partial charge in [-0.2, -0.15) is 0 Å². The second kappa shape index (κ2) is 9.23. The Morgan fingerprint density at radius 2 is 1.79 bits per heavy atom. The molecule has 0 spiro atoms. The molecule has 4 nitrogen and oxygen atoms in total. The van der Waals surface area contributed by atoms with E-state index in [9.17, 15) is 0 Å².